The number of carboxylic acids is 1. The molecule has 0 aromatic rings. The predicted octanol–water partition coefficient (Wildman–Crippen LogP) is 0.362. The lowest BCUT2D eigenvalue weighted by molar-refractivity contribution is -0.228. The molecule has 0 fully saturated rings. The monoisotopic (exact) mass is 296 g/mol. The smallest absolute Gasteiger partial charge is 0.364 e. The van der Waals surface area contributed by atoms with Gasteiger partial charge in [0, 0.05) is 20.6 Å². The number of rotatable bonds is 10. The first kappa shape index (κ1) is 21.6. The molecule has 0 aromatic carbocycles. The van der Waals surface area contributed by atoms with Crippen molar-refractivity contribution in [1.82, 2.24) is 0 Å². The van der Waals surface area contributed by atoms with Crippen LogP contribution < -0.4 is 0 Å². The Morgan fingerprint density at radius 2 is 1.60 bits per heavy atom. The summed E-state index contributed by atoms with van der Waals surface area (Å²) in [5.41, 5.74) is 0. The average Bonchev–Trinajstić information content (AvgIpc) is 2.47. The second kappa shape index (κ2) is 13.3. The summed E-state index contributed by atoms with van der Waals surface area (Å²) >= 11 is 0. The second-order valence-electron chi connectivity index (χ2n) is 4.30. The van der Waals surface area contributed by atoms with E-state index in [2.05, 4.69) is 6.92 Å². The fraction of sp³-hybridized carbons (Fsp3) is 0.923. The van der Waals surface area contributed by atoms with Crippen LogP contribution in [0.1, 0.15) is 39.0 Å². The summed E-state index contributed by atoms with van der Waals surface area (Å²) in [6.45, 7) is 1.38. The Morgan fingerprint density at radius 3 is 1.85 bits per heavy atom. The first-order valence-corrected chi connectivity index (χ1v) is 6.67. The van der Waals surface area contributed by atoms with Gasteiger partial charge in [-0.25, -0.2) is 4.79 Å². The molecule has 122 valence electrons. The van der Waals surface area contributed by atoms with Crippen molar-refractivity contribution in [3.8, 4) is 0 Å². The van der Waals surface area contributed by atoms with Crippen molar-refractivity contribution in [2.75, 3.05) is 27.4 Å². The third kappa shape index (κ3) is 9.22. The minimum absolute atomic E-state index is 0.365. The molecule has 20 heavy (non-hydrogen) atoms. The zero-order valence-corrected chi connectivity index (χ0v) is 12.5. The van der Waals surface area contributed by atoms with E-state index in [9.17, 15) is 4.79 Å². The lowest BCUT2D eigenvalue weighted by atomic mass is 10.1. The summed E-state index contributed by atoms with van der Waals surface area (Å²) < 4.78 is 9.81. The second-order valence-corrected chi connectivity index (χ2v) is 4.30. The quantitative estimate of drug-likeness (QED) is 0.340. The van der Waals surface area contributed by atoms with Gasteiger partial charge >= 0.3 is 5.97 Å². The van der Waals surface area contributed by atoms with E-state index >= 15 is 0 Å². The lowest BCUT2D eigenvalue weighted by Gasteiger charge is -2.25. The molecule has 0 unspecified atom stereocenters. The Labute approximate surface area is 120 Å². The van der Waals surface area contributed by atoms with E-state index in [1.54, 1.807) is 0 Å². The van der Waals surface area contributed by atoms with Crippen molar-refractivity contribution >= 4 is 5.97 Å². The van der Waals surface area contributed by atoms with Crippen LogP contribution in [-0.2, 0) is 14.3 Å². The number of aliphatic hydroxyl groups excluding tert-OH is 3. The van der Waals surface area contributed by atoms with Gasteiger partial charge in [0.05, 0.1) is 13.2 Å². The highest BCUT2D eigenvalue weighted by Crippen LogP contribution is 2.20. The van der Waals surface area contributed by atoms with E-state index in [-0.39, 0.29) is 13.2 Å². The molecule has 0 saturated carbocycles. The molecule has 0 spiro atoms. The maximum Gasteiger partial charge on any atom is 0.364 e. The van der Waals surface area contributed by atoms with Crippen LogP contribution in [0.5, 0.6) is 0 Å². The van der Waals surface area contributed by atoms with Crippen LogP contribution in [0.25, 0.3) is 0 Å². The summed E-state index contributed by atoms with van der Waals surface area (Å²) in [6, 6.07) is 0. The average molecular weight is 296 g/mol. The number of carbonyl (C=O) groups is 1. The summed E-state index contributed by atoms with van der Waals surface area (Å²) in [5, 5.41) is 32.9. The molecule has 7 heteroatoms. The zero-order chi connectivity index (χ0) is 16.0. The van der Waals surface area contributed by atoms with Crippen molar-refractivity contribution in [1.29, 1.82) is 0 Å². The third-order valence-corrected chi connectivity index (χ3v) is 2.77. The van der Waals surface area contributed by atoms with E-state index in [4.69, 9.17) is 29.9 Å². The summed E-state index contributed by atoms with van der Waals surface area (Å²) in [5.74, 6) is -2.51. The summed E-state index contributed by atoms with van der Waals surface area (Å²) in [4.78, 5) is 10.9. The summed E-state index contributed by atoms with van der Waals surface area (Å²) in [6.07, 6.45) is 3.50. The highest BCUT2D eigenvalue weighted by atomic mass is 16.7. The van der Waals surface area contributed by atoms with Gasteiger partial charge in [-0.05, 0) is 6.42 Å². The van der Waals surface area contributed by atoms with Crippen LogP contribution in [-0.4, -0.2) is 65.7 Å². The number of unbranched alkanes of at least 4 members (excludes halogenated alkanes) is 3. The SMILES string of the molecule is CCCCCCC(OC)(OC)C(=O)O.OCC(O)CO. The van der Waals surface area contributed by atoms with Crippen molar-refractivity contribution in [3.63, 3.8) is 0 Å². The molecule has 0 rings (SSSR count). The topological polar surface area (TPSA) is 116 Å². The predicted molar refractivity (Wildman–Crippen MR) is 73.3 cm³/mol. The first-order chi connectivity index (χ1) is 9.43. The molecular formula is C13H28O7. The van der Waals surface area contributed by atoms with Gasteiger partial charge in [0.15, 0.2) is 0 Å². The number of hydrogen-bond acceptors (Lipinski definition) is 6. The lowest BCUT2D eigenvalue weighted by Crippen LogP contribution is -2.42. The van der Waals surface area contributed by atoms with Crippen LogP contribution >= 0.6 is 0 Å². The van der Waals surface area contributed by atoms with Crippen molar-refractivity contribution < 1.29 is 34.7 Å². The van der Waals surface area contributed by atoms with Crippen LogP contribution in [0.2, 0.25) is 0 Å². The third-order valence-electron chi connectivity index (χ3n) is 2.77. The number of aliphatic carboxylic acids is 1. The molecule has 0 aliphatic carbocycles. The molecule has 0 aliphatic heterocycles. The van der Waals surface area contributed by atoms with E-state index in [1.807, 2.05) is 0 Å². The fourth-order valence-corrected chi connectivity index (χ4v) is 1.41. The van der Waals surface area contributed by atoms with Gasteiger partial charge in [0.2, 0.25) is 0 Å². The molecular weight excluding hydrogens is 268 g/mol. The van der Waals surface area contributed by atoms with Crippen molar-refractivity contribution in [3.05, 3.63) is 0 Å². The van der Waals surface area contributed by atoms with Crippen LogP contribution in [0.4, 0.5) is 0 Å². The number of aliphatic hydroxyl groups is 3. The van der Waals surface area contributed by atoms with E-state index in [0.717, 1.165) is 25.7 Å². The molecule has 0 aromatic heterocycles. The Bertz CT molecular complexity index is 225. The zero-order valence-electron chi connectivity index (χ0n) is 12.5. The highest BCUT2D eigenvalue weighted by molar-refractivity contribution is 5.75. The number of methoxy groups -OCH3 is 2. The van der Waals surface area contributed by atoms with E-state index in [1.165, 1.54) is 14.2 Å². The van der Waals surface area contributed by atoms with Gasteiger partial charge in [-0.3, -0.25) is 0 Å². The number of carboxylic acid groups (broad SMARTS) is 1. The molecule has 0 heterocycles. The Morgan fingerprint density at radius 1 is 1.10 bits per heavy atom. The molecule has 0 aliphatic rings. The van der Waals surface area contributed by atoms with Crippen LogP contribution in [0, 0.1) is 0 Å². The van der Waals surface area contributed by atoms with Crippen molar-refractivity contribution in [2.45, 2.75) is 50.9 Å². The maximum absolute atomic E-state index is 10.9. The minimum Gasteiger partial charge on any atom is -0.477 e. The van der Waals surface area contributed by atoms with Gasteiger partial charge in [-0.1, -0.05) is 26.2 Å². The Balaban J connectivity index is 0. The van der Waals surface area contributed by atoms with Crippen LogP contribution in [0.3, 0.4) is 0 Å². The standard InChI is InChI=1S/C10H20O4.C3H8O3/c1-4-5-6-7-8-10(13-2,14-3)9(11)12;4-1-3(6)2-5/h4-8H2,1-3H3,(H,11,12);3-6H,1-2H2. The van der Waals surface area contributed by atoms with Crippen molar-refractivity contribution in [2.24, 2.45) is 0 Å². The molecule has 7 nitrogen and oxygen atoms in total. The number of hydrogen-bond donors (Lipinski definition) is 4. The van der Waals surface area contributed by atoms with Gasteiger partial charge in [-0.2, -0.15) is 0 Å². The molecule has 0 bridgehead atoms. The van der Waals surface area contributed by atoms with Gasteiger partial charge in [0.1, 0.15) is 6.10 Å². The first-order valence-electron chi connectivity index (χ1n) is 6.67. The van der Waals surface area contributed by atoms with Gasteiger partial charge in [0.25, 0.3) is 5.79 Å². The van der Waals surface area contributed by atoms with E-state index < -0.39 is 17.9 Å². The van der Waals surface area contributed by atoms with E-state index in [0.29, 0.717) is 6.42 Å². The minimum atomic E-state index is -1.45. The molecule has 4 N–H and O–H groups in total. The maximum atomic E-state index is 10.9. The fourth-order valence-electron chi connectivity index (χ4n) is 1.41. The Hall–Kier alpha value is -0.730. The summed E-state index contributed by atoms with van der Waals surface area (Å²) in [7, 11) is 2.72. The molecule has 0 amide bonds. The highest BCUT2D eigenvalue weighted by Gasteiger charge is 2.38. The normalized spacial score (nSPS) is 11.2. The van der Waals surface area contributed by atoms with Gasteiger partial charge in [-0.15, -0.1) is 0 Å². The largest absolute Gasteiger partial charge is 0.477 e. The van der Waals surface area contributed by atoms with Crippen LogP contribution in [0.15, 0.2) is 0 Å². The van der Waals surface area contributed by atoms with Gasteiger partial charge < -0.3 is 29.9 Å². The molecule has 0 radical (unpaired) electrons. The molecule has 0 atom stereocenters. The molecule has 0 saturated heterocycles. The Kier molecular flexibility index (Phi) is 14.3. The number of ether oxygens (including phenoxy) is 2.